The molecule has 2 heterocycles. The molecule has 0 bridgehead atoms. The van der Waals surface area contributed by atoms with Gasteiger partial charge < -0.3 is 29.2 Å². The summed E-state index contributed by atoms with van der Waals surface area (Å²) in [6, 6.07) is 0. The monoisotopic (exact) mass is 570 g/mol. The first-order valence-electron chi connectivity index (χ1n) is 13.6. The first-order valence-corrected chi connectivity index (χ1v) is 14.4. The lowest BCUT2D eigenvalue weighted by Crippen LogP contribution is -2.47. The predicted molar refractivity (Wildman–Crippen MR) is 149 cm³/mol. The fourth-order valence-electron chi connectivity index (χ4n) is 3.96. The molecule has 222 valence electrons. The molecule has 1 fully saturated rings. The molecule has 0 amide bonds. The molecule has 5 atom stereocenters. The second kappa shape index (κ2) is 14.5. The molecule has 11 nitrogen and oxygen atoms in total. The Morgan fingerprint density at radius 1 is 1.10 bits per heavy atom. The number of nitrogens with zero attached hydrogens (tertiary/aromatic N) is 3. The Kier molecular flexibility index (Phi) is 12.3. The number of carbonyl (C=O) groups excluding carboxylic acids is 3. The third kappa shape index (κ3) is 9.77. The summed E-state index contributed by atoms with van der Waals surface area (Å²) in [5.74, 6) is -1.82. The molecule has 1 aliphatic heterocycles. The van der Waals surface area contributed by atoms with E-state index >= 15 is 0 Å². The van der Waals surface area contributed by atoms with Crippen LogP contribution in [0.4, 0.5) is 5.82 Å². The Hall–Kier alpha value is -2.15. The van der Waals surface area contributed by atoms with Gasteiger partial charge >= 0.3 is 5.97 Å². The second-order valence-corrected chi connectivity index (χ2v) is 11.9. The number of esters is 1. The zero-order valence-corrected chi connectivity index (χ0v) is 25.7. The summed E-state index contributed by atoms with van der Waals surface area (Å²) in [5.41, 5.74) is -1.25. The van der Waals surface area contributed by atoms with E-state index in [2.05, 4.69) is 39.7 Å². The van der Waals surface area contributed by atoms with Crippen molar-refractivity contribution in [1.29, 1.82) is 0 Å². The highest BCUT2D eigenvalue weighted by atomic mass is 32.1. The van der Waals surface area contributed by atoms with Crippen LogP contribution >= 0.6 is 11.7 Å². The molecular formula is C27H46N4O7S. The number of hydrogen-bond donors (Lipinski definition) is 1. The van der Waals surface area contributed by atoms with Gasteiger partial charge in [-0.25, -0.2) is 0 Å². The van der Waals surface area contributed by atoms with Gasteiger partial charge in [0.15, 0.2) is 5.78 Å². The minimum atomic E-state index is -1.10. The van der Waals surface area contributed by atoms with Crippen molar-refractivity contribution in [3.8, 4) is 5.88 Å². The topological polar surface area (TPSA) is 129 Å². The van der Waals surface area contributed by atoms with E-state index < -0.39 is 47.2 Å². The molecule has 2 rings (SSSR count). The number of morpholine rings is 1. The molecule has 1 aliphatic rings. The number of rotatable bonds is 15. The number of carbonyl (C=O) groups is 3. The van der Waals surface area contributed by atoms with E-state index in [4.69, 9.17) is 18.9 Å². The number of Topliss-reactive ketones (excluding diaryl/α,β-unsaturated/α-hetero) is 2. The minimum Gasteiger partial charge on any atom is -0.472 e. The van der Waals surface area contributed by atoms with Gasteiger partial charge in [-0.2, -0.15) is 4.37 Å². The molecule has 0 aliphatic carbocycles. The SMILES string of the molecule is CCC(C)(OC(=O)C(C)C(C)OC(CNC(C)(C)C)COc1nsnc1N1CCOCC1)C(C)C(=O)C(C)=O. The predicted octanol–water partition coefficient (Wildman–Crippen LogP) is 3.06. The molecule has 39 heavy (non-hydrogen) atoms. The first-order chi connectivity index (χ1) is 18.2. The maximum absolute atomic E-state index is 13.1. The van der Waals surface area contributed by atoms with Crippen molar-refractivity contribution in [2.45, 2.75) is 92.1 Å². The fraction of sp³-hybridized carbons (Fsp3) is 0.815. The second-order valence-electron chi connectivity index (χ2n) is 11.4. The van der Waals surface area contributed by atoms with Crippen LogP contribution in [0.1, 0.15) is 68.7 Å². The highest BCUT2D eigenvalue weighted by molar-refractivity contribution is 6.99. The van der Waals surface area contributed by atoms with E-state index in [1.54, 1.807) is 20.8 Å². The van der Waals surface area contributed by atoms with Crippen LogP contribution in [-0.2, 0) is 28.6 Å². The molecule has 1 N–H and O–H groups in total. The minimum absolute atomic E-state index is 0.154. The molecule has 0 aromatic carbocycles. The van der Waals surface area contributed by atoms with Crippen molar-refractivity contribution in [3.63, 3.8) is 0 Å². The lowest BCUT2D eigenvalue weighted by Gasteiger charge is -2.35. The third-order valence-corrected chi connectivity index (χ3v) is 7.70. The Labute approximate surface area is 236 Å². The lowest BCUT2D eigenvalue weighted by molar-refractivity contribution is -0.176. The van der Waals surface area contributed by atoms with Crippen molar-refractivity contribution in [3.05, 3.63) is 0 Å². The molecule has 0 saturated carbocycles. The van der Waals surface area contributed by atoms with E-state index in [1.807, 2.05) is 13.8 Å². The van der Waals surface area contributed by atoms with E-state index in [1.165, 1.54) is 6.92 Å². The standard InChI is InChI=1S/C27H46N4O7S/c1-10-27(9,18(3)22(33)19(4)32)38-25(34)17(2)20(5)37-21(15-28-26(6,7)8)16-36-24-23(29-39-30-24)31-11-13-35-14-12-31/h17-18,20-21,28H,10-16H2,1-9H3. The van der Waals surface area contributed by atoms with Crippen LogP contribution in [-0.4, -0.2) is 89.1 Å². The van der Waals surface area contributed by atoms with Crippen molar-refractivity contribution in [2.75, 3.05) is 44.4 Å². The summed E-state index contributed by atoms with van der Waals surface area (Å²) >= 11 is 1.09. The van der Waals surface area contributed by atoms with Crippen molar-refractivity contribution in [1.82, 2.24) is 14.1 Å². The normalized spacial score (nSPS) is 18.9. The van der Waals surface area contributed by atoms with Gasteiger partial charge in [0.2, 0.25) is 11.6 Å². The third-order valence-electron chi connectivity index (χ3n) is 7.19. The number of ether oxygens (including phenoxy) is 4. The Balaban J connectivity index is 2.07. The number of ketones is 2. The summed E-state index contributed by atoms with van der Waals surface area (Å²) < 4.78 is 32.4. The maximum Gasteiger partial charge on any atom is 0.311 e. The molecule has 1 saturated heterocycles. The van der Waals surface area contributed by atoms with Gasteiger partial charge in [-0.1, -0.05) is 13.8 Å². The van der Waals surface area contributed by atoms with E-state index in [-0.39, 0.29) is 12.1 Å². The fourth-order valence-corrected chi connectivity index (χ4v) is 4.48. The van der Waals surface area contributed by atoms with Crippen LogP contribution in [0.25, 0.3) is 0 Å². The summed E-state index contributed by atoms with van der Waals surface area (Å²) in [5, 5.41) is 3.44. The summed E-state index contributed by atoms with van der Waals surface area (Å²) in [6.45, 7) is 19.5. The van der Waals surface area contributed by atoms with Gasteiger partial charge in [-0.3, -0.25) is 14.4 Å². The van der Waals surface area contributed by atoms with E-state index in [0.717, 1.165) is 24.8 Å². The zero-order valence-electron chi connectivity index (χ0n) is 24.9. The largest absolute Gasteiger partial charge is 0.472 e. The zero-order chi connectivity index (χ0) is 29.4. The molecule has 1 aromatic heterocycles. The smallest absolute Gasteiger partial charge is 0.311 e. The highest BCUT2D eigenvalue weighted by Gasteiger charge is 2.41. The molecular weight excluding hydrogens is 524 g/mol. The van der Waals surface area contributed by atoms with Crippen molar-refractivity contribution < 1.29 is 33.3 Å². The van der Waals surface area contributed by atoms with Crippen molar-refractivity contribution >= 4 is 35.1 Å². The van der Waals surface area contributed by atoms with E-state index in [9.17, 15) is 14.4 Å². The van der Waals surface area contributed by atoms with Crippen LogP contribution in [0.5, 0.6) is 5.88 Å². The Morgan fingerprint density at radius 3 is 2.31 bits per heavy atom. The number of hydrogen-bond acceptors (Lipinski definition) is 12. The van der Waals surface area contributed by atoms with Crippen LogP contribution in [0.2, 0.25) is 0 Å². The highest BCUT2D eigenvalue weighted by Crippen LogP contribution is 2.29. The van der Waals surface area contributed by atoms with Gasteiger partial charge in [-0.15, -0.1) is 4.37 Å². The quantitative estimate of drug-likeness (QED) is 0.247. The molecule has 0 spiro atoms. The maximum atomic E-state index is 13.1. The number of nitrogens with one attached hydrogen (secondary N) is 1. The molecule has 5 unspecified atom stereocenters. The summed E-state index contributed by atoms with van der Waals surface area (Å²) in [4.78, 5) is 39.2. The summed E-state index contributed by atoms with van der Waals surface area (Å²) in [6.07, 6.45) is -0.524. The molecule has 1 aromatic rings. The van der Waals surface area contributed by atoms with Crippen LogP contribution in [0.3, 0.4) is 0 Å². The van der Waals surface area contributed by atoms with Gasteiger partial charge in [0, 0.05) is 32.1 Å². The Morgan fingerprint density at radius 2 is 1.74 bits per heavy atom. The van der Waals surface area contributed by atoms with Gasteiger partial charge in [0.1, 0.15) is 18.3 Å². The average Bonchev–Trinajstić information content (AvgIpc) is 3.37. The number of aromatic nitrogens is 2. The first kappa shape index (κ1) is 33.1. The van der Waals surface area contributed by atoms with Crippen LogP contribution in [0, 0.1) is 11.8 Å². The molecule has 12 heteroatoms. The van der Waals surface area contributed by atoms with Crippen LogP contribution in [0.15, 0.2) is 0 Å². The van der Waals surface area contributed by atoms with Gasteiger partial charge in [0.05, 0.1) is 42.9 Å². The molecule has 0 radical (unpaired) electrons. The van der Waals surface area contributed by atoms with Crippen LogP contribution < -0.4 is 15.0 Å². The van der Waals surface area contributed by atoms with Gasteiger partial charge in [-0.05, 0) is 48.0 Å². The van der Waals surface area contributed by atoms with E-state index in [0.29, 0.717) is 37.9 Å². The van der Waals surface area contributed by atoms with Crippen molar-refractivity contribution in [2.24, 2.45) is 11.8 Å². The summed E-state index contributed by atoms with van der Waals surface area (Å²) in [7, 11) is 0. The average molecular weight is 571 g/mol. The van der Waals surface area contributed by atoms with Gasteiger partial charge in [0.25, 0.3) is 5.88 Å². The Bertz CT molecular complexity index is 960. The lowest BCUT2D eigenvalue weighted by atomic mass is 9.83. The number of anilines is 1.